The van der Waals surface area contributed by atoms with Gasteiger partial charge < -0.3 is 19.7 Å². The molecule has 12 nitrogen and oxygen atoms in total. The normalized spacial score (nSPS) is 10.2. The van der Waals surface area contributed by atoms with Crippen LogP contribution in [-0.2, 0) is 38.0 Å². The summed E-state index contributed by atoms with van der Waals surface area (Å²) >= 11 is -3.53. The van der Waals surface area contributed by atoms with E-state index in [1.165, 1.54) is 36.9 Å². The molecule has 4 aromatic heterocycles. The molecule has 0 bridgehead atoms. The third-order valence-corrected chi connectivity index (χ3v) is 4.39. The Labute approximate surface area is 284 Å². The number of carboxylic acids is 2. The molecule has 0 spiro atoms. The van der Waals surface area contributed by atoms with E-state index in [1.54, 1.807) is 36.4 Å². The van der Waals surface area contributed by atoms with E-state index in [0.29, 0.717) is 47.2 Å². The maximum absolute atomic E-state index is 10.7. The number of ether oxygens (including phenoxy) is 2. The van der Waals surface area contributed by atoms with Crippen LogP contribution in [0.1, 0.15) is 20.7 Å². The molecule has 242 valence electrons. The first-order chi connectivity index (χ1) is 20.8. The van der Waals surface area contributed by atoms with Crippen molar-refractivity contribution in [2.45, 2.75) is 0 Å². The van der Waals surface area contributed by atoms with Gasteiger partial charge in [-0.05, 0) is 48.5 Å². The molecule has 0 radical (unpaired) electrons. The summed E-state index contributed by atoms with van der Waals surface area (Å²) in [6, 6.07) is 12.4. The Morgan fingerprint density at radius 3 is 1.07 bits per heavy atom. The number of hydrogen-bond acceptors (Lipinski definition) is 10. The van der Waals surface area contributed by atoms with Gasteiger partial charge in [0.05, 0.1) is 46.3 Å². The molecule has 0 saturated carbocycles. The van der Waals surface area contributed by atoms with E-state index in [4.69, 9.17) is 66.7 Å². The number of carbonyl (C=O) groups is 4. The van der Waals surface area contributed by atoms with Gasteiger partial charge in [0.1, 0.15) is 11.5 Å². The van der Waals surface area contributed by atoms with E-state index in [1.807, 2.05) is 0 Å². The second kappa shape index (κ2) is 21.4. The molecule has 4 aromatic rings. The molecule has 4 heterocycles. The fourth-order valence-electron chi connectivity index (χ4n) is 2.66. The summed E-state index contributed by atoms with van der Waals surface area (Å²) in [5, 5.41) is 17.5. The third kappa shape index (κ3) is 16.6. The predicted molar refractivity (Wildman–Crippen MR) is 157 cm³/mol. The van der Waals surface area contributed by atoms with Crippen molar-refractivity contribution in [3.63, 3.8) is 0 Å². The number of hydrogen-bond donors (Lipinski definition) is 2. The van der Waals surface area contributed by atoms with Crippen molar-refractivity contribution in [2.75, 3.05) is 0 Å². The standard InChI is InChI=1S/2C12H8N2O4.6ClH.2Pt/c2*15-7-18-9-2-4-11(14-6-9)10-3-1-8(5-13-10)12(16)17;;;;;;;;/h2*1-7H,(H,16,17);6*1H;;/q;;;;;;;;+2;+4/p-6. The number of rotatable bonds is 8. The molecular formula is C24H16Cl6N4O8Pt2. The monoisotopic (exact) mass is 1090 g/mol. The summed E-state index contributed by atoms with van der Waals surface area (Å²) in [6.45, 7) is 0.632. The molecule has 4 rings (SSSR count). The van der Waals surface area contributed by atoms with Crippen molar-refractivity contribution in [3.05, 3.63) is 84.4 Å². The fraction of sp³-hybridized carbons (Fsp3) is 0. The first-order valence-corrected chi connectivity index (χ1v) is 27.5. The van der Waals surface area contributed by atoms with Gasteiger partial charge in [-0.2, -0.15) is 0 Å². The molecular weight excluding hydrogens is 1080 g/mol. The number of aromatic carboxylic acids is 2. The van der Waals surface area contributed by atoms with Crippen molar-refractivity contribution in [2.24, 2.45) is 0 Å². The van der Waals surface area contributed by atoms with Gasteiger partial charge in [-0.25, -0.2) is 9.59 Å². The minimum atomic E-state index is -3.06. The number of carboxylic acid groups (broad SMARTS) is 2. The molecule has 0 amide bonds. The molecule has 0 aliphatic rings. The van der Waals surface area contributed by atoms with Gasteiger partial charge in [0.25, 0.3) is 12.9 Å². The Hall–Kier alpha value is -2.40. The summed E-state index contributed by atoms with van der Waals surface area (Å²) < 4.78 is 9.21. The van der Waals surface area contributed by atoms with Gasteiger partial charge in [-0.3, -0.25) is 29.5 Å². The van der Waals surface area contributed by atoms with E-state index in [0.717, 1.165) is 0 Å². The van der Waals surface area contributed by atoms with Crippen LogP contribution in [0.5, 0.6) is 11.5 Å². The second-order valence-electron chi connectivity index (χ2n) is 6.98. The topological polar surface area (TPSA) is 179 Å². The molecule has 0 aliphatic carbocycles. The average Bonchev–Trinajstić information content (AvgIpc) is 2.98. The number of nitrogens with zero attached hydrogens (tertiary/aromatic N) is 4. The second-order valence-corrected chi connectivity index (χ2v) is 30.0. The summed E-state index contributed by atoms with van der Waals surface area (Å²) in [6.07, 6.45) is 5.29. The fourth-order valence-corrected chi connectivity index (χ4v) is 2.66. The Balaban J connectivity index is 0.000000355. The van der Waals surface area contributed by atoms with Gasteiger partial charge in [-0.1, -0.05) is 0 Å². The van der Waals surface area contributed by atoms with Gasteiger partial charge in [-0.15, -0.1) is 0 Å². The van der Waals surface area contributed by atoms with Crippen LogP contribution >= 0.6 is 56.5 Å². The summed E-state index contributed by atoms with van der Waals surface area (Å²) in [4.78, 5) is 57.6. The maximum atomic E-state index is 10.7. The van der Waals surface area contributed by atoms with E-state index < -0.39 is 40.3 Å². The molecule has 0 saturated heterocycles. The summed E-state index contributed by atoms with van der Waals surface area (Å²) in [7, 11) is 29.8. The van der Waals surface area contributed by atoms with E-state index in [2.05, 4.69) is 29.4 Å². The number of carbonyl (C=O) groups excluding carboxylic acids is 2. The predicted octanol–water partition coefficient (Wildman–Crippen LogP) is 6.89. The average molecular weight is 1090 g/mol. The van der Waals surface area contributed by atoms with Crippen molar-refractivity contribution >= 4 is 81.4 Å². The first-order valence-electron chi connectivity index (χ1n) is 10.6. The SMILES string of the molecule is O=COc1ccc(-c2ccc(C(=O)O)cn2)nc1.O=COc1ccc(-c2ccc(C(=O)O)cn2)nc1.[Cl][Pt]([Cl])([Cl])[Cl].[Cl][Pt][Cl]. The molecule has 2 N–H and O–H groups in total. The zero-order valence-electron chi connectivity index (χ0n) is 21.1. The van der Waals surface area contributed by atoms with Crippen LogP contribution in [0.15, 0.2) is 73.3 Å². The van der Waals surface area contributed by atoms with Crippen LogP contribution in [-0.4, -0.2) is 55.0 Å². The number of pyridine rings is 4. The van der Waals surface area contributed by atoms with E-state index in [-0.39, 0.29) is 11.1 Å². The number of halogens is 6. The van der Waals surface area contributed by atoms with Crippen LogP contribution < -0.4 is 9.47 Å². The van der Waals surface area contributed by atoms with E-state index in [9.17, 15) is 19.2 Å². The Bertz CT molecular complexity index is 1370. The van der Waals surface area contributed by atoms with Crippen LogP contribution in [0.2, 0.25) is 0 Å². The van der Waals surface area contributed by atoms with Crippen LogP contribution in [0.3, 0.4) is 0 Å². The van der Waals surface area contributed by atoms with Gasteiger partial charge >= 0.3 is 96.8 Å². The molecule has 0 unspecified atom stereocenters. The Morgan fingerprint density at radius 1 is 0.614 bits per heavy atom. The van der Waals surface area contributed by atoms with Gasteiger partial charge in [0, 0.05) is 12.4 Å². The number of aromatic nitrogens is 4. The van der Waals surface area contributed by atoms with Crippen LogP contribution in [0.25, 0.3) is 22.8 Å². The Kier molecular flexibility index (Phi) is 19.2. The zero-order valence-corrected chi connectivity index (χ0v) is 30.2. The zero-order chi connectivity index (χ0) is 33.1. The van der Waals surface area contributed by atoms with Gasteiger partial charge in [0.2, 0.25) is 0 Å². The molecule has 0 aromatic carbocycles. The first kappa shape index (κ1) is 39.6. The molecule has 0 aliphatic heterocycles. The molecule has 20 heteroatoms. The summed E-state index contributed by atoms with van der Waals surface area (Å²) in [5.41, 5.74) is 2.42. The molecule has 0 fully saturated rings. The molecule has 0 atom stereocenters. The quantitative estimate of drug-likeness (QED) is 0.175. The van der Waals surface area contributed by atoms with E-state index >= 15 is 0 Å². The minimum absolute atomic E-state index is 0.111. The third-order valence-electron chi connectivity index (χ3n) is 4.39. The van der Waals surface area contributed by atoms with Crippen molar-refractivity contribution in [1.29, 1.82) is 0 Å². The van der Waals surface area contributed by atoms with Crippen molar-refractivity contribution in [1.82, 2.24) is 19.9 Å². The van der Waals surface area contributed by atoms with Crippen LogP contribution in [0, 0.1) is 0 Å². The Morgan fingerprint density at radius 2 is 0.886 bits per heavy atom. The summed E-state index contributed by atoms with van der Waals surface area (Å²) in [5.74, 6) is -1.40. The van der Waals surface area contributed by atoms with Gasteiger partial charge in [0.15, 0.2) is 0 Å². The van der Waals surface area contributed by atoms with Crippen molar-refractivity contribution < 1.29 is 67.2 Å². The molecule has 44 heavy (non-hydrogen) atoms. The van der Waals surface area contributed by atoms with Crippen molar-refractivity contribution in [3.8, 4) is 34.3 Å². The van der Waals surface area contributed by atoms with Crippen LogP contribution in [0.4, 0.5) is 0 Å².